The van der Waals surface area contributed by atoms with E-state index >= 15 is 0 Å². The molecule has 2 N–H and O–H groups in total. The molecule has 0 aliphatic rings. The zero-order chi connectivity index (χ0) is 17.6. The van der Waals surface area contributed by atoms with E-state index in [0.29, 0.717) is 23.1 Å². The highest BCUT2D eigenvalue weighted by Gasteiger charge is 2.09. The van der Waals surface area contributed by atoms with Crippen LogP contribution in [0.4, 0.5) is 11.5 Å². The van der Waals surface area contributed by atoms with Gasteiger partial charge in [0.25, 0.3) is 5.91 Å². The maximum atomic E-state index is 12.3. The van der Waals surface area contributed by atoms with Crippen molar-refractivity contribution >= 4 is 29.0 Å². The molecule has 126 valence electrons. The summed E-state index contributed by atoms with van der Waals surface area (Å²) in [5.74, 6) is 0.293. The highest BCUT2D eigenvalue weighted by Crippen LogP contribution is 2.15. The molecule has 1 amide bonds. The molecule has 0 saturated heterocycles. The first kappa shape index (κ1) is 16.9. The monoisotopic (exact) mass is 352 g/mol. The van der Waals surface area contributed by atoms with Crippen molar-refractivity contribution in [1.29, 1.82) is 0 Å². The van der Waals surface area contributed by atoms with Crippen LogP contribution in [0.15, 0.2) is 60.9 Å². The van der Waals surface area contributed by atoms with E-state index in [0.717, 1.165) is 5.56 Å². The topological polar surface area (TPSA) is 66.9 Å². The zero-order valence-electron chi connectivity index (χ0n) is 13.7. The summed E-state index contributed by atoms with van der Waals surface area (Å²) in [5.41, 5.74) is 3.29. The number of halogens is 1. The average molecular weight is 353 g/mol. The Morgan fingerprint density at radius 3 is 2.64 bits per heavy atom. The van der Waals surface area contributed by atoms with Crippen LogP contribution in [0.3, 0.4) is 0 Å². The molecule has 3 rings (SSSR count). The third-order valence-electron chi connectivity index (χ3n) is 3.56. The van der Waals surface area contributed by atoms with Gasteiger partial charge < -0.3 is 10.6 Å². The van der Waals surface area contributed by atoms with Crippen molar-refractivity contribution in [2.75, 3.05) is 10.6 Å². The van der Waals surface area contributed by atoms with Gasteiger partial charge in [0.1, 0.15) is 17.8 Å². The average Bonchev–Trinajstić information content (AvgIpc) is 2.62. The van der Waals surface area contributed by atoms with E-state index in [1.807, 2.05) is 25.1 Å². The minimum Gasteiger partial charge on any atom is -0.366 e. The Balaban J connectivity index is 1.66. The third-order valence-corrected chi connectivity index (χ3v) is 3.81. The second kappa shape index (κ2) is 7.77. The summed E-state index contributed by atoms with van der Waals surface area (Å²) in [4.78, 5) is 20.5. The number of anilines is 2. The molecule has 0 spiro atoms. The van der Waals surface area contributed by atoms with E-state index in [1.54, 1.807) is 30.3 Å². The number of amides is 1. The summed E-state index contributed by atoms with van der Waals surface area (Å²) in [7, 11) is 0. The molecule has 0 saturated carbocycles. The van der Waals surface area contributed by atoms with Gasteiger partial charge in [-0.3, -0.25) is 4.79 Å². The fourth-order valence-electron chi connectivity index (χ4n) is 2.32. The summed E-state index contributed by atoms with van der Waals surface area (Å²) < 4.78 is 0. The van der Waals surface area contributed by atoms with Gasteiger partial charge in [-0.05, 0) is 36.8 Å². The summed E-state index contributed by atoms with van der Waals surface area (Å²) in [6, 6.07) is 16.7. The van der Waals surface area contributed by atoms with Crippen LogP contribution in [0, 0.1) is 6.92 Å². The Morgan fingerprint density at radius 1 is 1.08 bits per heavy atom. The predicted molar refractivity (Wildman–Crippen MR) is 99.9 cm³/mol. The minimum atomic E-state index is -0.302. The van der Waals surface area contributed by atoms with Crippen LogP contribution in [0.25, 0.3) is 0 Å². The minimum absolute atomic E-state index is 0.289. The van der Waals surface area contributed by atoms with Gasteiger partial charge in [-0.1, -0.05) is 41.4 Å². The number of nitrogens with one attached hydrogen (secondary N) is 2. The molecule has 2 aromatic carbocycles. The molecular weight excluding hydrogens is 336 g/mol. The Morgan fingerprint density at radius 2 is 1.88 bits per heavy atom. The van der Waals surface area contributed by atoms with Gasteiger partial charge in [0.05, 0.1) is 0 Å². The van der Waals surface area contributed by atoms with E-state index in [1.165, 1.54) is 11.9 Å². The van der Waals surface area contributed by atoms with Gasteiger partial charge in [0, 0.05) is 23.3 Å². The van der Waals surface area contributed by atoms with E-state index in [2.05, 4.69) is 26.7 Å². The highest BCUT2D eigenvalue weighted by atomic mass is 35.5. The molecule has 0 aliphatic heterocycles. The van der Waals surface area contributed by atoms with Crippen molar-refractivity contribution in [3.63, 3.8) is 0 Å². The second-order valence-corrected chi connectivity index (χ2v) is 6.03. The van der Waals surface area contributed by atoms with Gasteiger partial charge >= 0.3 is 0 Å². The summed E-state index contributed by atoms with van der Waals surface area (Å²) in [6.45, 7) is 2.67. The number of hydrogen-bond donors (Lipinski definition) is 2. The molecule has 5 nitrogen and oxygen atoms in total. The molecule has 1 heterocycles. The van der Waals surface area contributed by atoms with Gasteiger partial charge in [-0.15, -0.1) is 0 Å². The highest BCUT2D eigenvalue weighted by molar-refractivity contribution is 6.30. The van der Waals surface area contributed by atoms with Crippen LogP contribution in [0.1, 0.15) is 21.6 Å². The van der Waals surface area contributed by atoms with E-state index in [9.17, 15) is 4.79 Å². The Bertz CT molecular complexity index is 881. The van der Waals surface area contributed by atoms with Crippen LogP contribution in [0.2, 0.25) is 5.02 Å². The van der Waals surface area contributed by atoms with Crippen LogP contribution in [-0.2, 0) is 6.54 Å². The third kappa shape index (κ3) is 4.78. The van der Waals surface area contributed by atoms with Crippen molar-refractivity contribution in [2.45, 2.75) is 13.5 Å². The summed E-state index contributed by atoms with van der Waals surface area (Å²) in [6.07, 6.45) is 1.37. The van der Waals surface area contributed by atoms with Gasteiger partial charge in [0.2, 0.25) is 0 Å². The van der Waals surface area contributed by atoms with Crippen molar-refractivity contribution < 1.29 is 4.79 Å². The van der Waals surface area contributed by atoms with E-state index < -0.39 is 0 Å². The quantitative estimate of drug-likeness (QED) is 0.718. The smallest absolute Gasteiger partial charge is 0.274 e. The summed E-state index contributed by atoms with van der Waals surface area (Å²) >= 11 is 5.84. The SMILES string of the molecule is Cc1cccc(CNc2cc(C(=O)Nc3ccc(Cl)cc3)ncn2)c1. The number of carbonyl (C=O) groups excluding carboxylic acids is 1. The first-order valence-electron chi connectivity index (χ1n) is 7.78. The Hall–Kier alpha value is -2.92. The van der Waals surface area contributed by atoms with Gasteiger partial charge in [-0.25, -0.2) is 9.97 Å². The molecule has 0 atom stereocenters. The predicted octanol–water partition coefficient (Wildman–Crippen LogP) is 4.30. The molecule has 1 aromatic heterocycles. The molecule has 6 heteroatoms. The second-order valence-electron chi connectivity index (χ2n) is 5.59. The lowest BCUT2D eigenvalue weighted by molar-refractivity contribution is 0.102. The first-order valence-corrected chi connectivity index (χ1v) is 8.16. The molecule has 0 radical (unpaired) electrons. The first-order chi connectivity index (χ1) is 12.1. The van der Waals surface area contributed by atoms with E-state index in [-0.39, 0.29) is 11.6 Å². The maximum absolute atomic E-state index is 12.3. The van der Waals surface area contributed by atoms with Crippen molar-refractivity contribution in [3.05, 3.63) is 82.8 Å². The lowest BCUT2D eigenvalue weighted by Crippen LogP contribution is -2.14. The number of rotatable bonds is 5. The number of hydrogen-bond acceptors (Lipinski definition) is 4. The largest absolute Gasteiger partial charge is 0.366 e. The summed E-state index contributed by atoms with van der Waals surface area (Å²) in [5, 5.41) is 6.60. The molecule has 0 bridgehead atoms. The molecule has 0 fully saturated rings. The molecule has 25 heavy (non-hydrogen) atoms. The van der Waals surface area contributed by atoms with Crippen LogP contribution >= 0.6 is 11.6 Å². The van der Waals surface area contributed by atoms with Crippen LogP contribution in [0.5, 0.6) is 0 Å². The Kier molecular flexibility index (Phi) is 5.26. The standard InChI is InChI=1S/C19H17ClN4O/c1-13-3-2-4-14(9-13)11-21-18-10-17(22-12-23-18)19(25)24-16-7-5-15(20)6-8-16/h2-10,12H,11H2,1H3,(H,24,25)(H,21,22,23). The molecule has 3 aromatic rings. The lowest BCUT2D eigenvalue weighted by atomic mass is 10.1. The molecular formula is C19H17ClN4O. The normalized spacial score (nSPS) is 10.3. The fraction of sp³-hybridized carbons (Fsp3) is 0.105. The van der Waals surface area contributed by atoms with Crippen LogP contribution in [-0.4, -0.2) is 15.9 Å². The number of nitrogens with zero attached hydrogens (tertiary/aromatic N) is 2. The zero-order valence-corrected chi connectivity index (χ0v) is 14.4. The van der Waals surface area contributed by atoms with Crippen molar-refractivity contribution in [2.24, 2.45) is 0 Å². The maximum Gasteiger partial charge on any atom is 0.274 e. The Labute approximate surface area is 151 Å². The number of aromatic nitrogens is 2. The van der Waals surface area contributed by atoms with E-state index in [4.69, 9.17) is 11.6 Å². The molecule has 0 unspecified atom stereocenters. The number of aryl methyl sites for hydroxylation is 1. The fourth-order valence-corrected chi connectivity index (χ4v) is 2.45. The van der Waals surface area contributed by atoms with Gasteiger partial charge in [-0.2, -0.15) is 0 Å². The lowest BCUT2D eigenvalue weighted by Gasteiger charge is -2.08. The molecule has 0 aliphatic carbocycles. The van der Waals surface area contributed by atoms with Crippen molar-refractivity contribution in [3.8, 4) is 0 Å². The van der Waals surface area contributed by atoms with Crippen LogP contribution < -0.4 is 10.6 Å². The number of benzene rings is 2. The van der Waals surface area contributed by atoms with Crippen molar-refractivity contribution in [1.82, 2.24) is 9.97 Å². The number of carbonyl (C=O) groups is 1. The van der Waals surface area contributed by atoms with Gasteiger partial charge in [0.15, 0.2) is 0 Å².